The number of rotatable bonds is 5. The lowest BCUT2D eigenvalue weighted by Crippen LogP contribution is -2.40. The molecule has 2 aromatic carbocycles. The van der Waals surface area contributed by atoms with Crippen LogP contribution in [0, 0.1) is 6.92 Å². The van der Waals surface area contributed by atoms with E-state index in [1.807, 2.05) is 81.6 Å². The molecule has 0 aliphatic carbocycles. The van der Waals surface area contributed by atoms with Crippen LogP contribution in [0.4, 0.5) is 0 Å². The first-order valence-electron chi connectivity index (χ1n) is 10.7. The number of ether oxygens (including phenoxy) is 1. The highest BCUT2D eigenvalue weighted by atomic mass is 32.2. The van der Waals surface area contributed by atoms with Crippen LogP contribution < -0.4 is 14.9 Å². The number of thioether (sulfide) groups is 1. The normalized spacial score (nSPS) is 16.1. The summed E-state index contributed by atoms with van der Waals surface area (Å²) in [5, 5.41) is 0. The first-order valence-corrected chi connectivity index (χ1v) is 12.8. The Bertz CT molecular complexity index is 1400. The van der Waals surface area contributed by atoms with Gasteiger partial charge in [-0.1, -0.05) is 53.3 Å². The first kappa shape index (κ1) is 23.3. The van der Waals surface area contributed by atoms with Crippen LogP contribution >= 0.6 is 23.1 Å². The van der Waals surface area contributed by atoms with E-state index in [0.29, 0.717) is 20.6 Å². The molecule has 0 radical (unpaired) electrons. The molecule has 1 aromatic heterocycles. The summed E-state index contributed by atoms with van der Waals surface area (Å²) < 4.78 is 7.75. The molecule has 7 heteroatoms. The molecule has 1 aliphatic heterocycles. The van der Waals surface area contributed by atoms with Crippen molar-refractivity contribution in [3.63, 3.8) is 0 Å². The number of fused-ring (bicyclic) bond motifs is 1. The Morgan fingerprint density at radius 2 is 1.79 bits per heavy atom. The van der Waals surface area contributed by atoms with Gasteiger partial charge in [0.05, 0.1) is 27.9 Å². The summed E-state index contributed by atoms with van der Waals surface area (Å²) in [5.41, 5.74) is 3.76. The topological polar surface area (TPSA) is 60.7 Å². The summed E-state index contributed by atoms with van der Waals surface area (Å²) in [6, 6.07) is 15.4. The van der Waals surface area contributed by atoms with Crippen molar-refractivity contribution in [2.45, 2.75) is 44.7 Å². The van der Waals surface area contributed by atoms with Crippen molar-refractivity contribution in [1.82, 2.24) is 4.57 Å². The fourth-order valence-corrected chi connectivity index (χ4v) is 5.23. The van der Waals surface area contributed by atoms with E-state index in [0.717, 1.165) is 21.6 Å². The van der Waals surface area contributed by atoms with Crippen molar-refractivity contribution in [2.75, 3.05) is 6.26 Å². The summed E-state index contributed by atoms with van der Waals surface area (Å²) in [5.74, 6) is -0.446. The van der Waals surface area contributed by atoms with Crippen LogP contribution in [-0.4, -0.2) is 22.9 Å². The van der Waals surface area contributed by atoms with Gasteiger partial charge in [0.25, 0.3) is 5.56 Å². The molecule has 0 N–H and O–H groups in total. The number of carbonyl (C=O) groups is 1. The quantitative estimate of drug-likeness (QED) is 0.407. The Labute approximate surface area is 201 Å². The largest absolute Gasteiger partial charge is 0.459 e. The Kier molecular flexibility index (Phi) is 6.72. The second-order valence-corrected chi connectivity index (χ2v) is 10.1. The van der Waals surface area contributed by atoms with Gasteiger partial charge < -0.3 is 4.74 Å². The van der Waals surface area contributed by atoms with Gasteiger partial charge in [0.2, 0.25) is 0 Å². The molecule has 33 heavy (non-hydrogen) atoms. The maximum Gasteiger partial charge on any atom is 0.338 e. The van der Waals surface area contributed by atoms with Crippen LogP contribution in [0.25, 0.3) is 6.08 Å². The third-order valence-corrected chi connectivity index (χ3v) is 7.12. The number of hydrogen-bond acceptors (Lipinski definition) is 6. The van der Waals surface area contributed by atoms with Crippen LogP contribution in [0.3, 0.4) is 0 Å². The van der Waals surface area contributed by atoms with Gasteiger partial charge in [-0.3, -0.25) is 9.36 Å². The van der Waals surface area contributed by atoms with E-state index in [-0.39, 0.29) is 11.7 Å². The third-order valence-electron chi connectivity index (χ3n) is 5.39. The molecule has 1 aliphatic rings. The number of benzene rings is 2. The van der Waals surface area contributed by atoms with Gasteiger partial charge in [-0.15, -0.1) is 11.8 Å². The van der Waals surface area contributed by atoms with Crippen LogP contribution in [0.2, 0.25) is 0 Å². The minimum absolute atomic E-state index is 0.166. The van der Waals surface area contributed by atoms with Crippen molar-refractivity contribution in [1.29, 1.82) is 0 Å². The number of allylic oxidation sites excluding steroid dienone is 1. The molecule has 170 valence electrons. The van der Waals surface area contributed by atoms with E-state index in [1.54, 1.807) is 23.3 Å². The summed E-state index contributed by atoms with van der Waals surface area (Å²) in [4.78, 5) is 33.0. The molecule has 2 heterocycles. The van der Waals surface area contributed by atoms with E-state index in [9.17, 15) is 9.59 Å². The zero-order valence-corrected chi connectivity index (χ0v) is 20.9. The number of esters is 1. The van der Waals surface area contributed by atoms with E-state index in [1.165, 1.54) is 11.3 Å². The first-order chi connectivity index (χ1) is 15.8. The van der Waals surface area contributed by atoms with Crippen molar-refractivity contribution in [2.24, 2.45) is 4.99 Å². The highest BCUT2D eigenvalue weighted by Gasteiger charge is 2.33. The van der Waals surface area contributed by atoms with Gasteiger partial charge in [0.15, 0.2) is 4.80 Å². The fourth-order valence-electron chi connectivity index (χ4n) is 3.78. The molecule has 0 saturated carbocycles. The molecule has 0 spiro atoms. The number of carbonyl (C=O) groups excluding carboxylic acids is 1. The number of thiazole rings is 1. The Morgan fingerprint density at radius 1 is 1.12 bits per heavy atom. The second-order valence-electron chi connectivity index (χ2n) is 8.22. The predicted molar refractivity (Wildman–Crippen MR) is 134 cm³/mol. The van der Waals surface area contributed by atoms with Crippen LogP contribution in [0.15, 0.2) is 74.5 Å². The van der Waals surface area contributed by atoms with Crippen LogP contribution in [0.1, 0.15) is 43.5 Å². The van der Waals surface area contributed by atoms with Crippen molar-refractivity contribution >= 4 is 35.1 Å². The molecule has 0 amide bonds. The van der Waals surface area contributed by atoms with Gasteiger partial charge in [-0.05, 0) is 63.3 Å². The maximum atomic E-state index is 13.6. The highest BCUT2D eigenvalue weighted by molar-refractivity contribution is 7.98. The molecule has 0 bridgehead atoms. The van der Waals surface area contributed by atoms with Crippen molar-refractivity contribution in [3.05, 3.63) is 96.2 Å². The SMILES string of the molecule is CSc1ccc([C@H]2C(C(=O)OC(C)C)=C(C)N=c3s/c(=C\c4ccc(C)cc4)c(=O)n32)cc1. The van der Waals surface area contributed by atoms with Gasteiger partial charge >= 0.3 is 5.97 Å². The summed E-state index contributed by atoms with van der Waals surface area (Å²) >= 11 is 2.98. The smallest absolute Gasteiger partial charge is 0.338 e. The van der Waals surface area contributed by atoms with E-state index >= 15 is 0 Å². The average molecular weight is 479 g/mol. The lowest BCUT2D eigenvalue weighted by molar-refractivity contribution is -0.143. The van der Waals surface area contributed by atoms with Gasteiger partial charge in [0, 0.05) is 4.90 Å². The maximum absolute atomic E-state index is 13.6. The van der Waals surface area contributed by atoms with Gasteiger partial charge in [0.1, 0.15) is 0 Å². The molecule has 3 aromatic rings. The zero-order chi connectivity index (χ0) is 23.7. The third kappa shape index (κ3) is 4.75. The minimum Gasteiger partial charge on any atom is -0.459 e. The average Bonchev–Trinajstić information content (AvgIpc) is 3.08. The minimum atomic E-state index is -0.594. The Balaban J connectivity index is 1.92. The molecule has 1 atom stereocenters. The lowest BCUT2D eigenvalue weighted by atomic mass is 9.96. The molecular weight excluding hydrogens is 452 g/mol. The van der Waals surface area contributed by atoms with Crippen LogP contribution in [0.5, 0.6) is 0 Å². The molecule has 0 unspecified atom stereocenters. The Morgan fingerprint density at radius 3 is 2.39 bits per heavy atom. The Hall–Kier alpha value is -2.90. The standard InChI is InChI=1S/C26H26N2O3S2/c1-15(2)31-25(30)22-17(4)27-26-28(23(22)19-10-12-20(32-5)13-11-19)24(29)21(33-26)14-18-8-6-16(3)7-9-18/h6-15,23H,1-5H3/b21-14-/t23-/m0/s1. The monoisotopic (exact) mass is 478 g/mol. The fraction of sp³-hybridized carbons (Fsp3) is 0.269. The lowest BCUT2D eigenvalue weighted by Gasteiger charge is -2.25. The zero-order valence-electron chi connectivity index (χ0n) is 19.3. The van der Waals surface area contributed by atoms with E-state index < -0.39 is 12.0 Å². The van der Waals surface area contributed by atoms with E-state index in [4.69, 9.17) is 4.74 Å². The predicted octanol–water partition coefficient (Wildman–Crippen LogP) is 4.22. The second kappa shape index (κ2) is 9.53. The number of nitrogens with zero attached hydrogens (tertiary/aromatic N) is 2. The summed E-state index contributed by atoms with van der Waals surface area (Å²) in [7, 11) is 0. The van der Waals surface area contributed by atoms with Gasteiger partial charge in [-0.2, -0.15) is 0 Å². The highest BCUT2D eigenvalue weighted by Crippen LogP contribution is 2.32. The molecule has 4 rings (SSSR count). The number of aryl methyl sites for hydroxylation is 1. The molecule has 0 saturated heterocycles. The molecule has 5 nitrogen and oxygen atoms in total. The molecular formula is C26H26N2O3S2. The summed E-state index contributed by atoms with van der Waals surface area (Å²) in [6.45, 7) is 7.46. The van der Waals surface area contributed by atoms with Crippen molar-refractivity contribution in [3.8, 4) is 0 Å². The molecule has 0 fully saturated rings. The van der Waals surface area contributed by atoms with Gasteiger partial charge in [-0.25, -0.2) is 9.79 Å². The number of hydrogen-bond donors (Lipinski definition) is 0. The van der Waals surface area contributed by atoms with Crippen molar-refractivity contribution < 1.29 is 9.53 Å². The summed E-state index contributed by atoms with van der Waals surface area (Å²) in [6.07, 6.45) is 3.62. The van der Waals surface area contributed by atoms with Crippen LogP contribution in [-0.2, 0) is 9.53 Å². The number of aromatic nitrogens is 1. The van der Waals surface area contributed by atoms with E-state index in [2.05, 4.69) is 4.99 Å².